The molecule has 12 heteroatoms. The van der Waals surface area contributed by atoms with E-state index in [0.29, 0.717) is 35.7 Å². The first-order chi connectivity index (χ1) is 16.6. The summed E-state index contributed by atoms with van der Waals surface area (Å²) in [5.74, 6) is -2.13. The van der Waals surface area contributed by atoms with Gasteiger partial charge in [0.25, 0.3) is 11.8 Å². The summed E-state index contributed by atoms with van der Waals surface area (Å²) in [4.78, 5) is 36.4. The number of carbonyl (C=O) groups excluding carboxylic acids is 2. The van der Waals surface area contributed by atoms with Gasteiger partial charge in [-0.1, -0.05) is 17.7 Å². The van der Waals surface area contributed by atoms with Crippen LogP contribution < -0.4 is 10.2 Å². The molecular formula is C23H18ClF4N5O2. The van der Waals surface area contributed by atoms with E-state index in [0.717, 1.165) is 12.1 Å². The molecule has 1 N–H and O–H groups in total. The van der Waals surface area contributed by atoms with Crippen molar-refractivity contribution >= 4 is 35.1 Å². The molecule has 0 radical (unpaired) electrons. The van der Waals surface area contributed by atoms with Gasteiger partial charge in [-0.3, -0.25) is 9.59 Å². The fourth-order valence-electron chi connectivity index (χ4n) is 3.66. The smallest absolute Gasteiger partial charge is 0.339 e. The minimum Gasteiger partial charge on any atom is -0.339 e. The van der Waals surface area contributed by atoms with E-state index >= 15 is 0 Å². The van der Waals surface area contributed by atoms with Crippen molar-refractivity contribution in [1.82, 2.24) is 14.9 Å². The van der Waals surface area contributed by atoms with Crippen LogP contribution >= 0.6 is 11.6 Å². The molecule has 1 saturated heterocycles. The molecule has 4 rings (SSSR count). The van der Waals surface area contributed by atoms with Gasteiger partial charge in [0, 0.05) is 25.5 Å². The molecule has 1 aromatic carbocycles. The first-order valence-corrected chi connectivity index (χ1v) is 10.8. The fourth-order valence-corrected chi connectivity index (χ4v) is 3.77. The Morgan fingerprint density at radius 2 is 1.80 bits per heavy atom. The number of alkyl halides is 3. The van der Waals surface area contributed by atoms with Gasteiger partial charge < -0.3 is 15.1 Å². The number of carbonyl (C=O) groups is 2. The largest absolute Gasteiger partial charge is 0.420 e. The Morgan fingerprint density at radius 1 is 1.00 bits per heavy atom. The second kappa shape index (κ2) is 9.87. The van der Waals surface area contributed by atoms with Crippen LogP contribution in [0.5, 0.6) is 0 Å². The van der Waals surface area contributed by atoms with E-state index < -0.39 is 34.9 Å². The number of pyridine rings is 2. The average molecular weight is 508 g/mol. The summed E-state index contributed by atoms with van der Waals surface area (Å²) in [5, 5.41) is 3.03. The highest BCUT2D eigenvalue weighted by Gasteiger charge is 2.39. The molecular weight excluding hydrogens is 490 g/mol. The molecule has 2 amide bonds. The predicted molar refractivity (Wildman–Crippen MR) is 121 cm³/mol. The monoisotopic (exact) mass is 507 g/mol. The number of benzene rings is 1. The van der Waals surface area contributed by atoms with Gasteiger partial charge in [0.05, 0.1) is 22.8 Å². The summed E-state index contributed by atoms with van der Waals surface area (Å²) in [5.41, 5.74) is -2.06. The summed E-state index contributed by atoms with van der Waals surface area (Å²) < 4.78 is 54.0. The number of halogens is 5. The lowest BCUT2D eigenvalue weighted by atomic mass is 10.0. The lowest BCUT2D eigenvalue weighted by Gasteiger charge is -2.36. The Hall–Kier alpha value is -3.73. The Bertz CT molecular complexity index is 1240. The maximum atomic E-state index is 13.9. The second-order valence-electron chi connectivity index (χ2n) is 7.71. The summed E-state index contributed by atoms with van der Waals surface area (Å²) in [6.07, 6.45) is -1.81. The third-order valence-corrected chi connectivity index (χ3v) is 5.54. The van der Waals surface area contributed by atoms with E-state index in [4.69, 9.17) is 11.6 Å². The van der Waals surface area contributed by atoms with Gasteiger partial charge >= 0.3 is 6.18 Å². The van der Waals surface area contributed by atoms with E-state index in [1.54, 1.807) is 23.1 Å². The van der Waals surface area contributed by atoms with Crippen molar-refractivity contribution in [3.63, 3.8) is 0 Å². The van der Waals surface area contributed by atoms with Gasteiger partial charge in [-0.2, -0.15) is 13.2 Å². The SMILES string of the molecule is O=C(Nc1ccc(Cl)cn1)c1ccc(N2CCCN(C(=O)c3cccc(F)c3C(F)(F)F)C2)nc1. The Kier molecular flexibility index (Phi) is 6.88. The van der Waals surface area contributed by atoms with Crippen LogP contribution in [0.3, 0.4) is 0 Å². The molecule has 0 bridgehead atoms. The van der Waals surface area contributed by atoms with Gasteiger partial charge in [-0.25, -0.2) is 14.4 Å². The molecule has 35 heavy (non-hydrogen) atoms. The number of hydrogen-bond donors (Lipinski definition) is 1. The minimum atomic E-state index is -5.01. The van der Waals surface area contributed by atoms with Crippen molar-refractivity contribution in [2.24, 2.45) is 0 Å². The number of aromatic nitrogens is 2. The maximum Gasteiger partial charge on any atom is 0.420 e. The zero-order chi connectivity index (χ0) is 25.2. The summed E-state index contributed by atoms with van der Waals surface area (Å²) in [6.45, 7) is 0.657. The molecule has 1 aliphatic rings. The lowest BCUT2D eigenvalue weighted by Crippen LogP contribution is -2.48. The van der Waals surface area contributed by atoms with Crippen molar-refractivity contribution in [3.05, 3.63) is 82.4 Å². The van der Waals surface area contributed by atoms with E-state index in [1.165, 1.54) is 23.4 Å². The topological polar surface area (TPSA) is 78.4 Å². The standard InChI is InChI=1S/C23H18ClF4N5O2/c24-15-6-7-18(29-12-15)31-21(34)14-5-8-19(30-11-14)32-9-2-10-33(13-32)22(35)16-3-1-4-17(25)20(16)23(26,27)28/h1,3-8,11-12H,2,9-10,13H2,(H,29,31,34). The van der Waals surface area contributed by atoms with Crippen molar-refractivity contribution < 1.29 is 27.2 Å². The molecule has 3 heterocycles. The van der Waals surface area contributed by atoms with Gasteiger partial charge in [0.2, 0.25) is 0 Å². The predicted octanol–water partition coefficient (Wildman–Crippen LogP) is 4.85. The highest BCUT2D eigenvalue weighted by Crippen LogP contribution is 2.35. The minimum absolute atomic E-state index is 0.0418. The summed E-state index contributed by atoms with van der Waals surface area (Å²) in [7, 11) is 0. The van der Waals surface area contributed by atoms with Gasteiger partial charge in [0.15, 0.2) is 0 Å². The van der Waals surface area contributed by atoms with E-state index in [-0.39, 0.29) is 18.8 Å². The van der Waals surface area contributed by atoms with Crippen molar-refractivity contribution in [3.8, 4) is 0 Å². The third kappa shape index (κ3) is 5.51. The summed E-state index contributed by atoms with van der Waals surface area (Å²) >= 11 is 5.77. The second-order valence-corrected chi connectivity index (χ2v) is 8.14. The number of nitrogens with zero attached hydrogens (tertiary/aromatic N) is 4. The van der Waals surface area contributed by atoms with Crippen LogP contribution in [-0.4, -0.2) is 46.4 Å². The lowest BCUT2D eigenvalue weighted by molar-refractivity contribution is -0.140. The Morgan fingerprint density at radius 3 is 2.46 bits per heavy atom. The zero-order valence-electron chi connectivity index (χ0n) is 18.0. The van der Waals surface area contributed by atoms with Crippen LogP contribution in [0.15, 0.2) is 54.9 Å². The van der Waals surface area contributed by atoms with Crippen molar-refractivity contribution in [1.29, 1.82) is 0 Å². The van der Waals surface area contributed by atoms with Crippen LogP contribution in [0.4, 0.5) is 29.2 Å². The van der Waals surface area contributed by atoms with Gasteiger partial charge in [0.1, 0.15) is 23.0 Å². The van der Waals surface area contributed by atoms with Crippen LogP contribution in [0.2, 0.25) is 5.02 Å². The first kappa shape index (κ1) is 24.4. The van der Waals surface area contributed by atoms with Gasteiger partial charge in [-0.05, 0) is 42.8 Å². The highest BCUT2D eigenvalue weighted by atomic mass is 35.5. The molecule has 0 saturated carbocycles. The maximum absolute atomic E-state index is 13.9. The molecule has 0 atom stereocenters. The van der Waals surface area contributed by atoms with Crippen LogP contribution in [0.1, 0.15) is 32.7 Å². The van der Waals surface area contributed by atoms with Crippen LogP contribution in [0.25, 0.3) is 0 Å². The zero-order valence-corrected chi connectivity index (χ0v) is 18.8. The number of amides is 2. The van der Waals surface area contributed by atoms with Crippen LogP contribution in [0, 0.1) is 5.82 Å². The number of rotatable bonds is 4. The van der Waals surface area contributed by atoms with Crippen molar-refractivity contribution in [2.75, 3.05) is 30.0 Å². The summed E-state index contributed by atoms with van der Waals surface area (Å²) in [6, 6.07) is 8.94. The van der Waals surface area contributed by atoms with Crippen LogP contribution in [-0.2, 0) is 6.18 Å². The Labute approximate surface area is 202 Å². The van der Waals surface area contributed by atoms with E-state index in [1.807, 2.05) is 0 Å². The fraction of sp³-hybridized carbons (Fsp3) is 0.217. The molecule has 0 aliphatic carbocycles. The molecule has 0 spiro atoms. The molecule has 1 fully saturated rings. The quantitative estimate of drug-likeness (QED) is 0.511. The molecule has 1 aliphatic heterocycles. The average Bonchev–Trinajstić information content (AvgIpc) is 2.84. The highest BCUT2D eigenvalue weighted by molar-refractivity contribution is 6.30. The van der Waals surface area contributed by atoms with E-state index in [9.17, 15) is 27.2 Å². The molecule has 7 nitrogen and oxygen atoms in total. The van der Waals surface area contributed by atoms with Gasteiger partial charge in [-0.15, -0.1) is 0 Å². The molecule has 182 valence electrons. The normalized spacial score (nSPS) is 14.1. The van der Waals surface area contributed by atoms with Crippen molar-refractivity contribution in [2.45, 2.75) is 12.6 Å². The van der Waals surface area contributed by atoms with E-state index in [2.05, 4.69) is 15.3 Å². The Balaban J connectivity index is 1.47. The molecule has 3 aromatic rings. The third-order valence-electron chi connectivity index (χ3n) is 5.32. The first-order valence-electron chi connectivity index (χ1n) is 10.4. The number of nitrogens with one attached hydrogen (secondary N) is 1. The number of hydrogen-bond acceptors (Lipinski definition) is 5. The number of anilines is 2. The molecule has 2 aromatic heterocycles. The molecule has 0 unspecified atom stereocenters.